The van der Waals surface area contributed by atoms with Gasteiger partial charge in [0, 0.05) is 5.56 Å². The summed E-state index contributed by atoms with van der Waals surface area (Å²) >= 11 is 0. The monoisotopic (exact) mass is 280 g/mol. The second-order valence-electron chi connectivity index (χ2n) is 4.18. The average molecular weight is 280 g/mol. The van der Waals surface area contributed by atoms with Crippen LogP contribution in [0.15, 0.2) is 59.7 Å². The van der Waals surface area contributed by atoms with Gasteiger partial charge >= 0.3 is 0 Å². The van der Waals surface area contributed by atoms with Gasteiger partial charge in [0.05, 0.1) is 11.9 Å². The third kappa shape index (κ3) is 2.86. The lowest BCUT2D eigenvalue weighted by Crippen LogP contribution is -2.03. The summed E-state index contributed by atoms with van der Waals surface area (Å²) in [7, 11) is 0. The lowest BCUT2D eigenvalue weighted by molar-refractivity contribution is 0.474. The van der Waals surface area contributed by atoms with E-state index in [2.05, 4.69) is 26.1 Å². The van der Waals surface area contributed by atoms with Gasteiger partial charge < -0.3 is 5.11 Å². The number of hydrogen-bond acceptors (Lipinski definition) is 6. The van der Waals surface area contributed by atoms with Gasteiger partial charge in [-0.3, -0.25) is 0 Å². The normalized spacial score (nSPS) is 10.9. The van der Waals surface area contributed by atoms with Crippen molar-refractivity contribution in [1.29, 1.82) is 0 Å². The number of nitrogens with zero attached hydrogens (tertiary/aromatic N) is 5. The molecular formula is C14H12N6O. The number of benzene rings is 2. The molecule has 0 aliphatic rings. The van der Waals surface area contributed by atoms with Crippen molar-refractivity contribution >= 4 is 12.2 Å². The number of phenols is 1. The van der Waals surface area contributed by atoms with Crippen LogP contribution in [0.25, 0.3) is 5.69 Å². The molecule has 0 radical (unpaired) electrons. The zero-order chi connectivity index (χ0) is 14.5. The van der Waals surface area contributed by atoms with E-state index in [0.717, 1.165) is 5.69 Å². The standard InChI is InChI=1S/C14H12N6O/c21-13-9-5-4-6-11(13)10-15-16-14-17-18-19-20(14)12-7-2-1-3-8-12/h1-10,21H,(H,16,17,19). The molecule has 0 spiro atoms. The van der Waals surface area contributed by atoms with Crippen LogP contribution in [0.5, 0.6) is 5.75 Å². The SMILES string of the molecule is Oc1ccccc1C=NNc1nnnn1-c1ccccc1. The maximum absolute atomic E-state index is 9.64. The van der Waals surface area contributed by atoms with Crippen LogP contribution in [0.2, 0.25) is 0 Å². The third-order valence-electron chi connectivity index (χ3n) is 2.78. The number of hydrazone groups is 1. The Kier molecular flexibility index (Phi) is 3.55. The van der Waals surface area contributed by atoms with E-state index < -0.39 is 0 Å². The molecule has 1 aromatic heterocycles. The van der Waals surface area contributed by atoms with Gasteiger partial charge in [-0.05, 0) is 34.7 Å². The molecular weight excluding hydrogens is 268 g/mol. The minimum absolute atomic E-state index is 0.158. The summed E-state index contributed by atoms with van der Waals surface area (Å²) in [6.07, 6.45) is 1.50. The fourth-order valence-corrected chi connectivity index (χ4v) is 1.76. The number of anilines is 1. The van der Waals surface area contributed by atoms with Gasteiger partial charge in [0.25, 0.3) is 5.95 Å². The second-order valence-corrected chi connectivity index (χ2v) is 4.18. The smallest absolute Gasteiger partial charge is 0.268 e. The van der Waals surface area contributed by atoms with Crippen molar-refractivity contribution in [3.05, 3.63) is 60.2 Å². The summed E-state index contributed by atoms with van der Waals surface area (Å²) in [4.78, 5) is 0. The number of aromatic hydroxyl groups is 1. The molecule has 3 rings (SSSR count). The molecule has 0 amide bonds. The maximum atomic E-state index is 9.64. The number of tetrazole rings is 1. The molecule has 0 atom stereocenters. The van der Waals surface area contributed by atoms with Gasteiger partial charge in [0.2, 0.25) is 0 Å². The first-order valence-electron chi connectivity index (χ1n) is 6.25. The Bertz CT molecular complexity index is 753. The summed E-state index contributed by atoms with van der Waals surface area (Å²) in [5.74, 6) is 0.540. The Morgan fingerprint density at radius 1 is 1.05 bits per heavy atom. The molecule has 0 aliphatic carbocycles. The number of hydrogen-bond donors (Lipinski definition) is 2. The van der Waals surface area contributed by atoms with E-state index in [4.69, 9.17) is 0 Å². The number of phenolic OH excluding ortho intramolecular Hbond substituents is 1. The first kappa shape index (κ1) is 12.8. The van der Waals surface area contributed by atoms with E-state index in [1.54, 1.807) is 18.2 Å². The fraction of sp³-hybridized carbons (Fsp3) is 0. The number of nitrogens with one attached hydrogen (secondary N) is 1. The number of aromatic nitrogens is 4. The Balaban J connectivity index is 1.78. The molecule has 0 aliphatic heterocycles. The summed E-state index contributed by atoms with van der Waals surface area (Å²) in [6, 6.07) is 16.4. The molecule has 0 unspecified atom stereocenters. The van der Waals surface area contributed by atoms with Crippen molar-refractivity contribution in [3.63, 3.8) is 0 Å². The van der Waals surface area contributed by atoms with Crippen molar-refractivity contribution in [3.8, 4) is 11.4 Å². The molecule has 2 aromatic carbocycles. The van der Waals surface area contributed by atoms with Gasteiger partial charge in [-0.2, -0.15) is 9.78 Å². The summed E-state index contributed by atoms with van der Waals surface area (Å²) < 4.78 is 1.53. The fourth-order valence-electron chi connectivity index (χ4n) is 1.76. The Morgan fingerprint density at radius 2 is 1.81 bits per heavy atom. The highest BCUT2D eigenvalue weighted by atomic mass is 16.3. The quantitative estimate of drug-likeness (QED) is 0.562. The van der Waals surface area contributed by atoms with E-state index in [9.17, 15) is 5.11 Å². The topological polar surface area (TPSA) is 88.2 Å². The molecule has 0 bridgehead atoms. The number of rotatable bonds is 4. The molecule has 3 aromatic rings. The highest BCUT2D eigenvalue weighted by molar-refractivity contribution is 5.83. The maximum Gasteiger partial charge on any atom is 0.268 e. The van der Waals surface area contributed by atoms with Crippen LogP contribution in [0.3, 0.4) is 0 Å². The molecule has 2 N–H and O–H groups in total. The van der Waals surface area contributed by atoms with Crippen molar-refractivity contribution < 1.29 is 5.11 Å². The Morgan fingerprint density at radius 3 is 2.62 bits per heavy atom. The van der Waals surface area contributed by atoms with Gasteiger partial charge in [-0.1, -0.05) is 35.4 Å². The third-order valence-corrected chi connectivity index (χ3v) is 2.78. The second kappa shape index (κ2) is 5.83. The lowest BCUT2D eigenvalue weighted by atomic mass is 10.2. The molecule has 21 heavy (non-hydrogen) atoms. The Labute approximate surface area is 120 Å². The average Bonchev–Trinajstić information content (AvgIpc) is 2.99. The van der Waals surface area contributed by atoms with Gasteiger partial charge in [0.15, 0.2) is 0 Å². The molecule has 0 saturated heterocycles. The van der Waals surface area contributed by atoms with Crippen LogP contribution < -0.4 is 5.43 Å². The number of para-hydroxylation sites is 2. The van der Waals surface area contributed by atoms with Crippen LogP contribution >= 0.6 is 0 Å². The van der Waals surface area contributed by atoms with E-state index in [0.29, 0.717) is 11.5 Å². The van der Waals surface area contributed by atoms with E-state index in [1.807, 2.05) is 36.4 Å². The largest absolute Gasteiger partial charge is 0.507 e. The first-order chi connectivity index (χ1) is 10.3. The van der Waals surface area contributed by atoms with Crippen LogP contribution in [-0.2, 0) is 0 Å². The molecule has 1 heterocycles. The van der Waals surface area contributed by atoms with Crippen molar-refractivity contribution in [2.45, 2.75) is 0 Å². The van der Waals surface area contributed by atoms with E-state index in [-0.39, 0.29) is 5.75 Å². The van der Waals surface area contributed by atoms with Gasteiger partial charge in [-0.25, -0.2) is 5.43 Å². The minimum Gasteiger partial charge on any atom is -0.507 e. The van der Waals surface area contributed by atoms with Crippen LogP contribution in [0.4, 0.5) is 5.95 Å². The molecule has 7 heteroatoms. The predicted molar refractivity (Wildman–Crippen MR) is 78.5 cm³/mol. The summed E-state index contributed by atoms with van der Waals surface area (Å²) in [5, 5.41) is 25.0. The minimum atomic E-state index is 0.158. The molecule has 104 valence electrons. The lowest BCUT2D eigenvalue weighted by Gasteiger charge is -2.03. The Hall–Kier alpha value is -3.22. The molecule has 7 nitrogen and oxygen atoms in total. The van der Waals surface area contributed by atoms with Crippen molar-refractivity contribution in [2.24, 2.45) is 5.10 Å². The molecule has 0 fully saturated rings. The van der Waals surface area contributed by atoms with Gasteiger partial charge in [-0.15, -0.1) is 0 Å². The van der Waals surface area contributed by atoms with Crippen LogP contribution in [0, 0.1) is 0 Å². The van der Waals surface area contributed by atoms with Crippen LogP contribution in [-0.4, -0.2) is 31.5 Å². The van der Waals surface area contributed by atoms with E-state index in [1.165, 1.54) is 10.9 Å². The zero-order valence-electron chi connectivity index (χ0n) is 11.0. The zero-order valence-corrected chi connectivity index (χ0v) is 11.0. The van der Waals surface area contributed by atoms with E-state index >= 15 is 0 Å². The van der Waals surface area contributed by atoms with Crippen molar-refractivity contribution in [2.75, 3.05) is 5.43 Å². The highest BCUT2D eigenvalue weighted by Crippen LogP contribution is 2.13. The predicted octanol–water partition coefficient (Wildman–Crippen LogP) is 1.81. The summed E-state index contributed by atoms with van der Waals surface area (Å²) in [5.41, 5.74) is 4.18. The summed E-state index contributed by atoms with van der Waals surface area (Å²) in [6.45, 7) is 0. The van der Waals surface area contributed by atoms with Gasteiger partial charge in [0.1, 0.15) is 5.75 Å². The molecule has 0 saturated carbocycles. The van der Waals surface area contributed by atoms with Crippen LogP contribution in [0.1, 0.15) is 5.56 Å². The van der Waals surface area contributed by atoms with Crippen molar-refractivity contribution in [1.82, 2.24) is 20.2 Å². The highest BCUT2D eigenvalue weighted by Gasteiger charge is 2.06. The first-order valence-corrected chi connectivity index (χ1v) is 6.25.